The highest BCUT2D eigenvalue weighted by Gasteiger charge is 2.09. The summed E-state index contributed by atoms with van der Waals surface area (Å²) in [5.74, 6) is 0. The molecule has 1 aromatic heterocycles. The minimum Gasteiger partial charge on any atom is -0.326 e. The van der Waals surface area contributed by atoms with E-state index in [9.17, 15) is 4.79 Å². The van der Waals surface area contributed by atoms with E-state index < -0.39 is 0 Å². The molecule has 1 aromatic carbocycles. The van der Waals surface area contributed by atoms with Crippen molar-refractivity contribution in [2.24, 2.45) is 0 Å². The van der Waals surface area contributed by atoms with Crippen molar-refractivity contribution in [1.29, 1.82) is 0 Å². The number of hydrogen-bond acceptors (Lipinski definition) is 2. The minimum absolute atomic E-state index is 0.0958. The summed E-state index contributed by atoms with van der Waals surface area (Å²) in [7, 11) is 5.78. The van der Waals surface area contributed by atoms with E-state index in [1.54, 1.807) is 11.9 Å². The standard InChI is InChI=1S/C16H22N4O/c1-18(2)11-12-19(3)16(21)17-14-7-6-8-15(13-14)20-9-4-5-10-20/h4-10,13H,11-12H2,1-3H3,(H,17,21). The third-order valence-electron chi connectivity index (χ3n) is 3.23. The first-order valence-corrected chi connectivity index (χ1v) is 6.96. The van der Waals surface area contributed by atoms with Crippen LogP contribution in [0.1, 0.15) is 0 Å². The summed E-state index contributed by atoms with van der Waals surface area (Å²) in [4.78, 5) is 15.8. The molecule has 21 heavy (non-hydrogen) atoms. The summed E-state index contributed by atoms with van der Waals surface area (Å²) in [6, 6.07) is 11.6. The van der Waals surface area contributed by atoms with E-state index in [2.05, 4.69) is 10.2 Å². The van der Waals surface area contributed by atoms with Gasteiger partial charge in [0, 0.05) is 43.9 Å². The highest BCUT2D eigenvalue weighted by molar-refractivity contribution is 5.89. The summed E-state index contributed by atoms with van der Waals surface area (Å²) >= 11 is 0. The number of anilines is 1. The zero-order valence-corrected chi connectivity index (χ0v) is 12.8. The van der Waals surface area contributed by atoms with Crippen LogP contribution in [0, 0.1) is 0 Å². The molecule has 2 amide bonds. The summed E-state index contributed by atoms with van der Waals surface area (Å²) in [6.07, 6.45) is 3.95. The second-order valence-electron chi connectivity index (χ2n) is 5.30. The number of nitrogens with zero attached hydrogens (tertiary/aromatic N) is 3. The van der Waals surface area contributed by atoms with Gasteiger partial charge in [-0.25, -0.2) is 4.79 Å². The minimum atomic E-state index is -0.0958. The Morgan fingerprint density at radius 1 is 1.10 bits per heavy atom. The average Bonchev–Trinajstić information content (AvgIpc) is 2.99. The fourth-order valence-corrected chi connectivity index (χ4v) is 1.92. The lowest BCUT2D eigenvalue weighted by molar-refractivity contribution is 0.217. The smallest absolute Gasteiger partial charge is 0.321 e. The van der Waals surface area contributed by atoms with Crippen molar-refractivity contribution < 1.29 is 4.79 Å². The molecular weight excluding hydrogens is 264 g/mol. The van der Waals surface area contributed by atoms with E-state index in [1.165, 1.54) is 0 Å². The SMILES string of the molecule is CN(C)CCN(C)C(=O)Nc1cccc(-n2cccc2)c1. The van der Waals surface area contributed by atoms with Gasteiger partial charge in [-0.2, -0.15) is 0 Å². The Bertz CT molecular complexity index is 578. The first-order valence-electron chi connectivity index (χ1n) is 6.96. The van der Waals surface area contributed by atoms with Crippen LogP contribution in [0.2, 0.25) is 0 Å². The molecule has 112 valence electrons. The summed E-state index contributed by atoms with van der Waals surface area (Å²) < 4.78 is 2.01. The van der Waals surface area contributed by atoms with Crippen LogP contribution < -0.4 is 5.32 Å². The van der Waals surface area contributed by atoms with Crippen LogP contribution in [-0.2, 0) is 0 Å². The number of hydrogen-bond donors (Lipinski definition) is 1. The first kappa shape index (κ1) is 15.1. The molecule has 0 unspecified atom stereocenters. The van der Waals surface area contributed by atoms with Crippen molar-refractivity contribution in [3.05, 3.63) is 48.8 Å². The van der Waals surface area contributed by atoms with E-state index in [4.69, 9.17) is 0 Å². The third kappa shape index (κ3) is 4.36. The molecule has 0 saturated carbocycles. The Balaban J connectivity index is 1.99. The molecule has 0 aliphatic heterocycles. The van der Waals surface area contributed by atoms with Gasteiger partial charge < -0.3 is 19.7 Å². The molecule has 0 saturated heterocycles. The highest BCUT2D eigenvalue weighted by Crippen LogP contribution is 2.15. The topological polar surface area (TPSA) is 40.5 Å². The number of urea groups is 1. The number of amides is 2. The van der Waals surface area contributed by atoms with Gasteiger partial charge in [-0.05, 0) is 44.4 Å². The van der Waals surface area contributed by atoms with E-state index in [-0.39, 0.29) is 6.03 Å². The van der Waals surface area contributed by atoms with E-state index in [0.717, 1.165) is 17.9 Å². The van der Waals surface area contributed by atoms with Gasteiger partial charge in [-0.15, -0.1) is 0 Å². The molecule has 0 aliphatic rings. The molecule has 2 rings (SSSR count). The number of carbonyl (C=O) groups excluding carboxylic acids is 1. The molecule has 1 N–H and O–H groups in total. The second-order valence-corrected chi connectivity index (χ2v) is 5.30. The van der Waals surface area contributed by atoms with E-state index in [1.807, 2.05) is 67.5 Å². The Morgan fingerprint density at radius 3 is 2.48 bits per heavy atom. The van der Waals surface area contributed by atoms with Crippen LogP contribution >= 0.6 is 0 Å². The number of nitrogens with one attached hydrogen (secondary N) is 1. The van der Waals surface area contributed by atoms with Crippen molar-refractivity contribution >= 4 is 11.7 Å². The number of rotatable bonds is 5. The molecule has 0 bridgehead atoms. The maximum absolute atomic E-state index is 12.1. The molecule has 0 fully saturated rings. The average molecular weight is 286 g/mol. The van der Waals surface area contributed by atoms with Gasteiger partial charge >= 0.3 is 6.03 Å². The monoisotopic (exact) mass is 286 g/mol. The quantitative estimate of drug-likeness (QED) is 0.917. The summed E-state index contributed by atoms with van der Waals surface area (Å²) in [5.41, 5.74) is 1.82. The van der Waals surface area contributed by atoms with Gasteiger partial charge in [0.1, 0.15) is 0 Å². The molecule has 5 nitrogen and oxygen atoms in total. The fraction of sp³-hybridized carbons (Fsp3) is 0.312. The van der Waals surface area contributed by atoms with Crippen LogP contribution in [0.3, 0.4) is 0 Å². The predicted octanol–water partition coefficient (Wildman–Crippen LogP) is 2.50. The first-order chi connectivity index (χ1) is 10.1. The second kappa shape index (κ2) is 6.95. The molecular formula is C16H22N4O. The largest absolute Gasteiger partial charge is 0.326 e. The number of benzene rings is 1. The van der Waals surface area contributed by atoms with E-state index >= 15 is 0 Å². The van der Waals surface area contributed by atoms with Crippen LogP contribution in [0.25, 0.3) is 5.69 Å². The normalized spacial score (nSPS) is 10.7. The predicted molar refractivity (Wildman–Crippen MR) is 86.0 cm³/mol. The molecule has 0 radical (unpaired) electrons. The Labute approximate surface area is 125 Å². The number of aromatic nitrogens is 1. The Kier molecular flexibility index (Phi) is 5.00. The highest BCUT2D eigenvalue weighted by atomic mass is 16.2. The molecule has 5 heteroatoms. The molecule has 0 atom stereocenters. The van der Waals surface area contributed by atoms with Gasteiger partial charge in [0.25, 0.3) is 0 Å². The molecule has 0 spiro atoms. The lowest BCUT2D eigenvalue weighted by atomic mass is 10.2. The van der Waals surface area contributed by atoms with Gasteiger partial charge in [-0.3, -0.25) is 0 Å². The fourth-order valence-electron chi connectivity index (χ4n) is 1.92. The Hall–Kier alpha value is -2.27. The molecule has 0 aliphatic carbocycles. The molecule has 2 aromatic rings. The van der Waals surface area contributed by atoms with Crippen molar-refractivity contribution in [2.75, 3.05) is 39.5 Å². The summed E-state index contributed by atoms with van der Waals surface area (Å²) in [6.45, 7) is 1.53. The van der Waals surface area contributed by atoms with Crippen LogP contribution in [0.5, 0.6) is 0 Å². The van der Waals surface area contributed by atoms with Crippen LogP contribution in [0.15, 0.2) is 48.8 Å². The van der Waals surface area contributed by atoms with Crippen molar-refractivity contribution in [2.45, 2.75) is 0 Å². The van der Waals surface area contributed by atoms with Crippen LogP contribution in [0.4, 0.5) is 10.5 Å². The van der Waals surface area contributed by atoms with Crippen molar-refractivity contribution in [1.82, 2.24) is 14.4 Å². The van der Waals surface area contributed by atoms with Gasteiger partial charge in [-0.1, -0.05) is 6.07 Å². The third-order valence-corrected chi connectivity index (χ3v) is 3.23. The zero-order valence-electron chi connectivity index (χ0n) is 12.8. The molecule has 1 heterocycles. The number of likely N-dealkylation sites (N-methyl/N-ethyl adjacent to an activating group) is 2. The maximum Gasteiger partial charge on any atom is 0.321 e. The van der Waals surface area contributed by atoms with E-state index in [0.29, 0.717) is 6.54 Å². The van der Waals surface area contributed by atoms with Crippen molar-refractivity contribution in [3.63, 3.8) is 0 Å². The van der Waals surface area contributed by atoms with Crippen molar-refractivity contribution in [3.8, 4) is 5.69 Å². The van der Waals surface area contributed by atoms with Gasteiger partial charge in [0.2, 0.25) is 0 Å². The van der Waals surface area contributed by atoms with Gasteiger partial charge in [0.15, 0.2) is 0 Å². The lowest BCUT2D eigenvalue weighted by Gasteiger charge is -2.20. The summed E-state index contributed by atoms with van der Waals surface area (Å²) in [5, 5.41) is 2.92. The van der Waals surface area contributed by atoms with Gasteiger partial charge in [0.05, 0.1) is 0 Å². The lowest BCUT2D eigenvalue weighted by Crippen LogP contribution is -2.36. The zero-order chi connectivity index (χ0) is 15.2. The van der Waals surface area contributed by atoms with Crippen LogP contribution in [-0.4, -0.2) is 54.6 Å². The number of carbonyl (C=O) groups is 1. The Morgan fingerprint density at radius 2 is 1.81 bits per heavy atom. The maximum atomic E-state index is 12.1.